The van der Waals surface area contributed by atoms with Crippen molar-refractivity contribution < 1.29 is 4.74 Å². The molecule has 2 nitrogen and oxygen atoms in total. The van der Waals surface area contributed by atoms with Crippen molar-refractivity contribution in [2.45, 2.75) is 13.3 Å². The molecule has 0 bridgehead atoms. The smallest absolute Gasteiger partial charge is 0.119 e. The second kappa shape index (κ2) is 6.22. The molecule has 0 saturated heterocycles. The maximum Gasteiger partial charge on any atom is 0.119 e. The molecule has 94 valence electrons. The van der Waals surface area contributed by atoms with Gasteiger partial charge < -0.3 is 10.5 Å². The molecule has 2 rings (SSSR count). The zero-order valence-corrected chi connectivity index (χ0v) is 10.7. The highest BCUT2D eigenvalue weighted by molar-refractivity contribution is 5.64. The van der Waals surface area contributed by atoms with Crippen molar-refractivity contribution in [2.75, 3.05) is 13.2 Å². The Bertz CT molecular complexity index is 473. The predicted molar refractivity (Wildman–Crippen MR) is 75.8 cm³/mol. The molecule has 18 heavy (non-hydrogen) atoms. The van der Waals surface area contributed by atoms with Gasteiger partial charge in [0.05, 0.1) is 6.61 Å². The fourth-order valence-electron chi connectivity index (χ4n) is 1.76. The van der Waals surface area contributed by atoms with E-state index in [9.17, 15) is 0 Å². The Kier molecular flexibility index (Phi) is 4.37. The average Bonchev–Trinajstić information content (AvgIpc) is 2.41. The van der Waals surface area contributed by atoms with Crippen molar-refractivity contribution >= 4 is 0 Å². The highest BCUT2D eigenvalue weighted by Gasteiger charge is 1.98. The molecule has 0 fully saturated rings. The van der Waals surface area contributed by atoms with Crippen LogP contribution >= 0.6 is 0 Å². The molecule has 2 aromatic rings. The lowest BCUT2D eigenvalue weighted by atomic mass is 10.0. The third kappa shape index (κ3) is 3.34. The van der Waals surface area contributed by atoms with Gasteiger partial charge >= 0.3 is 0 Å². The van der Waals surface area contributed by atoms with E-state index in [0.29, 0.717) is 13.2 Å². The fraction of sp³-hybridized carbons (Fsp3) is 0.250. The Hall–Kier alpha value is -1.80. The van der Waals surface area contributed by atoms with Gasteiger partial charge in [0, 0.05) is 0 Å². The molecule has 0 aliphatic rings. The van der Waals surface area contributed by atoms with E-state index in [4.69, 9.17) is 10.5 Å². The van der Waals surface area contributed by atoms with E-state index < -0.39 is 0 Å². The van der Waals surface area contributed by atoms with Gasteiger partial charge in [0.25, 0.3) is 0 Å². The maximum absolute atomic E-state index is 5.58. The van der Waals surface area contributed by atoms with Crippen LogP contribution in [-0.2, 0) is 0 Å². The Morgan fingerprint density at radius 1 is 0.889 bits per heavy atom. The molecule has 0 radical (unpaired) electrons. The molecule has 2 aromatic carbocycles. The Morgan fingerprint density at radius 3 is 2.00 bits per heavy atom. The second-order valence-corrected chi connectivity index (χ2v) is 4.38. The lowest BCUT2D eigenvalue weighted by molar-refractivity contribution is 0.313. The predicted octanol–water partition coefficient (Wildman–Crippen LogP) is 3.39. The van der Waals surface area contributed by atoms with E-state index >= 15 is 0 Å². The van der Waals surface area contributed by atoms with Gasteiger partial charge in [0.1, 0.15) is 5.75 Å². The van der Waals surface area contributed by atoms with Gasteiger partial charge in [-0.3, -0.25) is 0 Å². The van der Waals surface area contributed by atoms with Crippen molar-refractivity contribution in [3.05, 3.63) is 54.1 Å². The zero-order valence-electron chi connectivity index (χ0n) is 10.7. The first kappa shape index (κ1) is 12.7. The van der Waals surface area contributed by atoms with Crippen LogP contribution in [0, 0.1) is 6.92 Å². The summed E-state index contributed by atoms with van der Waals surface area (Å²) in [6.45, 7) is 3.44. The molecule has 0 atom stereocenters. The molecule has 2 heteroatoms. The van der Waals surface area contributed by atoms with Crippen LogP contribution in [0.2, 0.25) is 0 Å². The number of hydrogen-bond donors (Lipinski definition) is 1. The SMILES string of the molecule is Cc1ccc(-c2ccc(OCCCN)cc2)cc1. The summed E-state index contributed by atoms with van der Waals surface area (Å²) in [5.41, 5.74) is 9.14. The lowest BCUT2D eigenvalue weighted by Gasteiger charge is -2.07. The van der Waals surface area contributed by atoms with Crippen molar-refractivity contribution in [3.63, 3.8) is 0 Å². The molecule has 2 N–H and O–H groups in total. The van der Waals surface area contributed by atoms with Crippen LogP contribution in [0.1, 0.15) is 12.0 Å². The molecular weight excluding hydrogens is 222 g/mol. The first-order valence-corrected chi connectivity index (χ1v) is 6.29. The van der Waals surface area contributed by atoms with Crippen molar-refractivity contribution in [1.82, 2.24) is 0 Å². The number of benzene rings is 2. The number of nitrogens with two attached hydrogens (primary N) is 1. The number of hydrogen-bond acceptors (Lipinski definition) is 2. The Balaban J connectivity index is 2.05. The largest absolute Gasteiger partial charge is 0.494 e. The van der Waals surface area contributed by atoms with Gasteiger partial charge in [-0.2, -0.15) is 0 Å². The molecular formula is C16H19NO. The van der Waals surface area contributed by atoms with E-state index in [1.807, 2.05) is 12.1 Å². The quantitative estimate of drug-likeness (QED) is 0.814. The Morgan fingerprint density at radius 2 is 1.44 bits per heavy atom. The molecule has 0 aliphatic carbocycles. The van der Waals surface area contributed by atoms with Gasteiger partial charge in [0.2, 0.25) is 0 Å². The summed E-state index contributed by atoms with van der Waals surface area (Å²) >= 11 is 0. The minimum Gasteiger partial charge on any atom is -0.494 e. The third-order valence-electron chi connectivity index (χ3n) is 2.86. The average molecular weight is 241 g/mol. The fourth-order valence-corrected chi connectivity index (χ4v) is 1.76. The van der Waals surface area contributed by atoms with Gasteiger partial charge in [-0.25, -0.2) is 0 Å². The minimum absolute atomic E-state index is 0.668. The summed E-state index contributed by atoms with van der Waals surface area (Å²) in [5.74, 6) is 0.902. The third-order valence-corrected chi connectivity index (χ3v) is 2.86. The standard InChI is InChI=1S/C16H19NO/c1-13-3-5-14(6-4-13)15-7-9-16(10-8-15)18-12-2-11-17/h3-10H,2,11-12,17H2,1H3. The molecule has 0 saturated carbocycles. The number of rotatable bonds is 5. The topological polar surface area (TPSA) is 35.2 Å². The van der Waals surface area contributed by atoms with Gasteiger partial charge in [-0.1, -0.05) is 42.0 Å². The normalized spacial score (nSPS) is 10.3. The van der Waals surface area contributed by atoms with Crippen molar-refractivity contribution in [2.24, 2.45) is 5.73 Å². The van der Waals surface area contributed by atoms with E-state index in [1.54, 1.807) is 0 Å². The van der Waals surface area contributed by atoms with Gasteiger partial charge in [-0.15, -0.1) is 0 Å². The number of aryl methyl sites for hydroxylation is 1. The van der Waals surface area contributed by atoms with Crippen molar-refractivity contribution in [1.29, 1.82) is 0 Å². The molecule has 0 unspecified atom stereocenters. The molecule has 0 heterocycles. The summed E-state index contributed by atoms with van der Waals surface area (Å²) in [6, 6.07) is 16.7. The van der Waals surface area contributed by atoms with Crippen LogP contribution in [-0.4, -0.2) is 13.2 Å². The van der Waals surface area contributed by atoms with Crippen LogP contribution in [0.3, 0.4) is 0 Å². The summed E-state index contributed by atoms with van der Waals surface area (Å²) in [4.78, 5) is 0. The molecule has 0 aliphatic heterocycles. The van der Waals surface area contributed by atoms with E-state index in [2.05, 4.69) is 43.3 Å². The summed E-state index contributed by atoms with van der Waals surface area (Å²) in [6.07, 6.45) is 0.889. The lowest BCUT2D eigenvalue weighted by Crippen LogP contribution is -2.05. The maximum atomic E-state index is 5.58. The highest BCUT2D eigenvalue weighted by atomic mass is 16.5. The first-order chi connectivity index (χ1) is 8.79. The molecule has 0 spiro atoms. The van der Waals surface area contributed by atoms with Gasteiger partial charge in [0.15, 0.2) is 0 Å². The van der Waals surface area contributed by atoms with Crippen LogP contribution in [0.4, 0.5) is 0 Å². The van der Waals surface area contributed by atoms with Gasteiger partial charge in [-0.05, 0) is 43.1 Å². The van der Waals surface area contributed by atoms with E-state index in [-0.39, 0.29) is 0 Å². The monoisotopic (exact) mass is 241 g/mol. The molecule has 0 amide bonds. The molecule has 0 aromatic heterocycles. The van der Waals surface area contributed by atoms with Crippen LogP contribution in [0.5, 0.6) is 5.75 Å². The van der Waals surface area contributed by atoms with Crippen LogP contribution in [0.25, 0.3) is 11.1 Å². The van der Waals surface area contributed by atoms with E-state index in [1.165, 1.54) is 16.7 Å². The van der Waals surface area contributed by atoms with Crippen molar-refractivity contribution in [3.8, 4) is 16.9 Å². The summed E-state index contributed by atoms with van der Waals surface area (Å²) in [7, 11) is 0. The van der Waals surface area contributed by atoms with E-state index in [0.717, 1.165) is 12.2 Å². The van der Waals surface area contributed by atoms with Crippen LogP contribution in [0.15, 0.2) is 48.5 Å². The number of ether oxygens (including phenoxy) is 1. The second-order valence-electron chi connectivity index (χ2n) is 4.38. The first-order valence-electron chi connectivity index (χ1n) is 6.29. The minimum atomic E-state index is 0.668. The highest BCUT2D eigenvalue weighted by Crippen LogP contribution is 2.22. The Labute approximate surface area is 108 Å². The van der Waals surface area contributed by atoms with Crippen LogP contribution < -0.4 is 10.5 Å². The summed E-state index contributed by atoms with van der Waals surface area (Å²) < 4.78 is 5.58. The summed E-state index contributed by atoms with van der Waals surface area (Å²) in [5, 5.41) is 0. The zero-order chi connectivity index (χ0) is 12.8.